The maximum absolute atomic E-state index is 13.0. The minimum atomic E-state index is -3.47. The van der Waals surface area contributed by atoms with Crippen molar-refractivity contribution >= 4 is 39.2 Å². The summed E-state index contributed by atoms with van der Waals surface area (Å²) < 4.78 is 31.0. The molecule has 9 heteroatoms. The Morgan fingerprint density at radius 3 is 2.11 bits per heavy atom. The molecule has 0 unspecified atom stereocenters. The first-order valence-electron chi connectivity index (χ1n) is 12.7. The SMILES string of the molecule is C[C@H](C(=O)NC[C@H](COC(=O)C(C)(C)C)Cc1ccc(C(C)(C)C)cc1)c1ccc(NS(C)(=O)=O)c(Cl)c1. The minimum Gasteiger partial charge on any atom is -0.465 e. The van der Waals surface area contributed by atoms with Crippen LogP contribution < -0.4 is 10.0 Å². The molecule has 0 aliphatic heterocycles. The highest BCUT2D eigenvalue weighted by molar-refractivity contribution is 7.92. The maximum Gasteiger partial charge on any atom is 0.311 e. The minimum absolute atomic E-state index is 0.0479. The normalized spacial score (nSPS) is 13.9. The van der Waals surface area contributed by atoms with E-state index in [2.05, 4.69) is 55.1 Å². The molecule has 0 aromatic heterocycles. The highest BCUT2D eigenvalue weighted by atomic mass is 35.5. The molecule has 2 atom stereocenters. The van der Waals surface area contributed by atoms with Gasteiger partial charge in [0.2, 0.25) is 15.9 Å². The number of carbonyl (C=O) groups excluding carboxylic acids is 2. The van der Waals surface area contributed by atoms with E-state index < -0.39 is 21.4 Å². The van der Waals surface area contributed by atoms with Gasteiger partial charge in [0, 0.05) is 12.5 Å². The zero-order valence-electron chi connectivity index (χ0n) is 23.6. The molecular formula is C29H41ClN2O5S. The van der Waals surface area contributed by atoms with Crippen LogP contribution in [0.25, 0.3) is 0 Å². The molecule has 2 aromatic rings. The summed E-state index contributed by atoms with van der Waals surface area (Å²) in [5.41, 5.74) is 2.66. The third-order valence-corrected chi connectivity index (χ3v) is 7.06. The molecule has 210 valence electrons. The number of amides is 1. The molecule has 38 heavy (non-hydrogen) atoms. The summed E-state index contributed by atoms with van der Waals surface area (Å²) in [6, 6.07) is 13.2. The summed E-state index contributed by atoms with van der Waals surface area (Å²) in [4.78, 5) is 25.4. The van der Waals surface area contributed by atoms with Gasteiger partial charge in [0.15, 0.2) is 0 Å². The summed E-state index contributed by atoms with van der Waals surface area (Å²) in [5, 5.41) is 3.19. The Balaban J connectivity index is 2.12. The van der Waals surface area contributed by atoms with Gasteiger partial charge >= 0.3 is 5.97 Å². The van der Waals surface area contributed by atoms with Crippen LogP contribution in [0.5, 0.6) is 0 Å². The van der Waals surface area contributed by atoms with Crippen LogP contribution in [0.15, 0.2) is 42.5 Å². The van der Waals surface area contributed by atoms with E-state index in [4.69, 9.17) is 16.3 Å². The summed E-state index contributed by atoms with van der Waals surface area (Å²) in [6.45, 7) is 14.2. The van der Waals surface area contributed by atoms with Gasteiger partial charge in [-0.05, 0) is 68.4 Å². The zero-order chi connectivity index (χ0) is 28.9. The van der Waals surface area contributed by atoms with Crippen molar-refractivity contribution in [2.75, 3.05) is 24.1 Å². The molecule has 0 bridgehead atoms. The zero-order valence-corrected chi connectivity index (χ0v) is 25.2. The molecule has 2 N–H and O–H groups in total. The van der Waals surface area contributed by atoms with Gasteiger partial charge in [-0.15, -0.1) is 0 Å². The van der Waals surface area contributed by atoms with Crippen LogP contribution in [0, 0.1) is 11.3 Å². The van der Waals surface area contributed by atoms with E-state index in [1.807, 2.05) is 0 Å². The summed E-state index contributed by atoms with van der Waals surface area (Å²) >= 11 is 6.24. The third kappa shape index (κ3) is 9.95. The van der Waals surface area contributed by atoms with Crippen molar-refractivity contribution in [3.05, 3.63) is 64.2 Å². The number of carbonyl (C=O) groups is 2. The number of hydrogen-bond acceptors (Lipinski definition) is 5. The largest absolute Gasteiger partial charge is 0.465 e. The van der Waals surface area contributed by atoms with E-state index in [0.29, 0.717) is 18.5 Å². The lowest BCUT2D eigenvalue weighted by molar-refractivity contribution is -0.154. The highest BCUT2D eigenvalue weighted by Gasteiger charge is 2.25. The van der Waals surface area contributed by atoms with Crippen LogP contribution in [0.4, 0.5) is 5.69 Å². The van der Waals surface area contributed by atoms with E-state index in [0.717, 1.165) is 11.8 Å². The molecule has 0 saturated heterocycles. The average molecular weight is 565 g/mol. The Labute approximate surface area is 232 Å². The predicted octanol–water partition coefficient (Wildman–Crippen LogP) is 5.68. The highest BCUT2D eigenvalue weighted by Crippen LogP contribution is 2.28. The number of halogens is 1. The van der Waals surface area contributed by atoms with E-state index in [9.17, 15) is 18.0 Å². The van der Waals surface area contributed by atoms with Crippen LogP contribution in [-0.4, -0.2) is 39.7 Å². The van der Waals surface area contributed by atoms with Gasteiger partial charge in [0.25, 0.3) is 0 Å². The Morgan fingerprint density at radius 1 is 1.00 bits per heavy atom. The number of anilines is 1. The lowest BCUT2D eigenvalue weighted by atomic mass is 9.86. The Hall–Kier alpha value is -2.58. The lowest BCUT2D eigenvalue weighted by Gasteiger charge is -2.23. The van der Waals surface area contributed by atoms with Crippen LogP contribution in [0.3, 0.4) is 0 Å². The van der Waals surface area contributed by atoms with E-state index in [1.54, 1.807) is 45.9 Å². The van der Waals surface area contributed by atoms with E-state index in [-0.39, 0.29) is 40.5 Å². The lowest BCUT2D eigenvalue weighted by Crippen LogP contribution is -2.36. The van der Waals surface area contributed by atoms with E-state index >= 15 is 0 Å². The number of esters is 1. The van der Waals surface area contributed by atoms with Gasteiger partial charge in [-0.1, -0.05) is 62.7 Å². The average Bonchev–Trinajstić information content (AvgIpc) is 2.79. The molecule has 1 amide bonds. The monoisotopic (exact) mass is 564 g/mol. The molecule has 0 radical (unpaired) electrons. The fourth-order valence-corrected chi connectivity index (χ4v) is 4.58. The first kappa shape index (κ1) is 31.6. The van der Waals surface area contributed by atoms with Gasteiger partial charge in [0.1, 0.15) is 0 Å². The van der Waals surface area contributed by atoms with Crippen molar-refractivity contribution < 1.29 is 22.7 Å². The van der Waals surface area contributed by atoms with E-state index in [1.165, 1.54) is 5.56 Å². The Kier molecular flexibility index (Phi) is 10.4. The number of hydrogen-bond donors (Lipinski definition) is 2. The third-order valence-electron chi connectivity index (χ3n) is 6.15. The second-order valence-electron chi connectivity index (χ2n) is 11.9. The Bertz CT molecular complexity index is 1230. The smallest absolute Gasteiger partial charge is 0.311 e. The number of benzene rings is 2. The number of nitrogens with one attached hydrogen (secondary N) is 2. The molecule has 0 saturated carbocycles. The van der Waals surface area contributed by atoms with Crippen molar-refractivity contribution in [1.29, 1.82) is 0 Å². The van der Waals surface area contributed by atoms with Crippen LogP contribution in [0.1, 0.15) is 71.1 Å². The fourth-order valence-electron chi connectivity index (χ4n) is 3.71. The Morgan fingerprint density at radius 2 is 1.61 bits per heavy atom. The van der Waals surface area contributed by atoms with Gasteiger partial charge in [-0.3, -0.25) is 14.3 Å². The summed E-state index contributed by atoms with van der Waals surface area (Å²) in [6.07, 6.45) is 1.68. The summed E-state index contributed by atoms with van der Waals surface area (Å²) in [5.74, 6) is -1.14. The molecule has 0 spiro atoms. The first-order chi connectivity index (χ1) is 17.4. The van der Waals surface area contributed by atoms with Gasteiger partial charge < -0.3 is 10.1 Å². The van der Waals surface area contributed by atoms with Crippen molar-refractivity contribution in [2.24, 2.45) is 11.3 Å². The second-order valence-corrected chi connectivity index (χ2v) is 14.1. The molecule has 0 fully saturated rings. The topological polar surface area (TPSA) is 102 Å². The molecule has 2 aromatic carbocycles. The molecule has 0 aliphatic carbocycles. The molecule has 0 heterocycles. The predicted molar refractivity (Wildman–Crippen MR) is 154 cm³/mol. The quantitative estimate of drug-likeness (QED) is 0.362. The van der Waals surface area contributed by atoms with Crippen molar-refractivity contribution in [3.63, 3.8) is 0 Å². The molecular weight excluding hydrogens is 524 g/mol. The second kappa shape index (κ2) is 12.5. The first-order valence-corrected chi connectivity index (χ1v) is 15.0. The number of sulfonamides is 1. The van der Waals surface area contributed by atoms with Crippen molar-refractivity contribution in [1.82, 2.24) is 5.32 Å². The molecule has 7 nitrogen and oxygen atoms in total. The van der Waals surface area contributed by atoms with Crippen LogP contribution in [-0.2, 0) is 36.2 Å². The molecule has 0 aliphatic rings. The molecule has 2 rings (SSSR count). The van der Waals surface area contributed by atoms with Gasteiger partial charge in [0.05, 0.1) is 34.9 Å². The van der Waals surface area contributed by atoms with Crippen molar-refractivity contribution in [2.45, 2.75) is 66.2 Å². The van der Waals surface area contributed by atoms with Gasteiger partial charge in [-0.25, -0.2) is 8.42 Å². The standard InChI is InChI=1S/C29H41ClN2O5S/c1-19(22-11-14-25(24(30)16-22)32-38(8,35)36)26(33)31-17-21(18-37-27(34)29(5,6)7)15-20-9-12-23(13-10-20)28(2,3)4/h9-14,16,19,21,32H,15,17-18H2,1-8H3,(H,31,33)/t19-,21+/m0/s1. The van der Waals surface area contributed by atoms with Crippen LogP contribution >= 0.6 is 11.6 Å². The van der Waals surface area contributed by atoms with Crippen LogP contribution in [0.2, 0.25) is 5.02 Å². The van der Waals surface area contributed by atoms with Gasteiger partial charge in [-0.2, -0.15) is 0 Å². The fraction of sp³-hybridized carbons (Fsp3) is 0.517. The maximum atomic E-state index is 13.0. The number of rotatable bonds is 10. The number of ether oxygens (including phenoxy) is 1. The van der Waals surface area contributed by atoms with Crippen molar-refractivity contribution in [3.8, 4) is 0 Å². The summed E-state index contributed by atoms with van der Waals surface area (Å²) in [7, 11) is -3.47.